The van der Waals surface area contributed by atoms with Gasteiger partial charge in [-0.25, -0.2) is 4.98 Å². The molecule has 2 fully saturated rings. The van der Waals surface area contributed by atoms with E-state index in [2.05, 4.69) is 21.7 Å². The molecule has 0 aliphatic carbocycles. The maximum Gasteiger partial charge on any atom is 0.313 e. The van der Waals surface area contributed by atoms with Crippen molar-refractivity contribution in [3.05, 3.63) is 11.8 Å². The van der Waals surface area contributed by atoms with Crippen LogP contribution in [0.1, 0.15) is 32.8 Å². The molecule has 8 nitrogen and oxygen atoms in total. The third-order valence-corrected chi connectivity index (χ3v) is 5.15. The number of carboxylic acid groups (broad SMARTS) is 1. The monoisotopic (exact) mass is 364 g/mol. The van der Waals surface area contributed by atoms with Crippen LogP contribution in [0.25, 0.3) is 0 Å². The molecule has 3 heterocycles. The molecule has 8 heteroatoms. The van der Waals surface area contributed by atoms with Crippen molar-refractivity contribution in [2.45, 2.75) is 38.7 Å². The molecule has 1 aromatic rings. The summed E-state index contributed by atoms with van der Waals surface area (Å²) < 4.78 is 11.2. The Labute approximate surface area is 154 Å². The zero-order chi connectivity index (χ0) is 18.7. The van der Waals surface area contributed by atoms with Crippen LogP contribution in [-0.2, 0) is 19.7 Å². The van der Waals surface area contributed by atoms with Gasteiger partial charge in [0.05, 0.1) is 31.3 Å². The predicted octanol–water partition coefficient (Wildman–Crippen LogP) is 1.29. The lowest BCUT2D eigenvalue weighted by molar-refractivity contribution is -0.142. The van der Waals surface area contributed by atoms with Crippen molar-refractivity contribution in [1.29, 1.82) is 0 Å². The van der Waals surface area contributed by atoms with Crippen LogP contribution in [0.15, 0.2) is 6.20 Å². The maximum atomic E-state index is 11.8. The van der Waals surface area contributed by atoms with Crippen LogP contribution in [0, 0.1) is 0 Å². The molecule has 0 radical (unpaired) electrons. The summed E-state index contributed by atoms with van der Waals surface area (Å²) in [6.45, 7) is 10.2. The molecule has 0 bridgehead atoms. The molecular formula is C18H28N4O4. The van der Waals surface area contributed by atoms with Crippen molar-refractivity contribution in [1.82, 2.24) is 9.97 Å². The maximum absolute atomic E-state index is 11.8. The highest BCUT2D eigenvalue weighted by Crippen LogP contribution is 2.33. The predicted molar refractivity (Wildman–Crippen MR) is 98.0 cm³/mol. The van der Waals surface area contributed by atoms with Crippen molar-refractivity contribution >= 4 is 17.7 Å². The lowest BCUT2D eigenvalue weighted by atomic mass is 9.85. The van der Waals surface area contributed by atoms with Gasteiger partial charge in [-0.3, -0.25) is 4.79 Å². The van der Waals surface area contributed by atoms with Gasteiger partial charge in [-0.1, -0.05) is 6.92 Å². The zero-order valence-corrected chi connectivity index (χ0v) is 15.8. The third kappa shape index (κ3) is 3.76. The molecule has 2 saturated heterocycles. The Bertz CT molecular complexity index is 646. The van der Waals surface area contributed by atoms with E-state index in [1.807, 2.05) is 0 Å². The van der Waals surface area contributed by atoms with Crippen molar-refractivity contribution in [3.63, 3.8) is 0 Å². The molecule has 2 aliphatic rings. The molecule has 1 aromatic heterocycles. The topological polar surface area (TPSA) is 88.0 Å². The van der Waals surface area contributed by atoms with E-state index in [-0.39, 0.29) is 6.10 Å². The highest BCUT2D eigenvalue weighted by atomic mass is 16.5. The van der Waals surface area contributed by atoms with Crippen molar-refractivity contribution < 1.29 is 19.4 Å². The Morgan fingerprint density at radius 3 is 2.62 bits per heavy atom. The second-order valence-corrected chi connectivity index (χ2v) is 7.28. The van der Waals surface area contributed by atoms with Crippen LogP contribution in [0.4, 0.5) is 11.8 Å². The van der Waals surface area contributed by atoms with Crippen LogP contribution in [0.2, 0.25) is 0 Å². The summed E-state index contributed by atoms with van der Waals surface area (Å²) in [7, 11) is 0. The van der Waals surface area contributed by atoms with E-state index >= 15 is 0 Å². The van der Waals surface area contributed by atoms with Gasteiger partial charge < -0.3 is 24.4 Å². The van der Waals surface area contributed by atoms with Crippen molar-refractivity contribution in [2.75, 3.05) is 55.8 Å². The second kappa shape index (κ2) is 7.75. The summed E-state index contributed by atoms with van der Waals surface area (Å²) in [6, 6.07) is 0. The Balaban J connectivity index is 1.97. The number of morpholine rings is 2. The molecule has 3 rings (SSSR count). The molecule has 2 aliphatic heterocycles. The van der Waals surface area contributed by atoms with Crippen LogP contribution in [0.5, 0.6) is 0 Å². The van der Waals surface area contributed by atoms with Gasteiger partial charge in [-0.15, -0.1) is 0 Å². The van der Waals surface area contributed by atoms with Crippen molar-refractivity contribution in [3.8, 4) is 0 Å². The summed E-state index contributed by atoms with van der Waals surface area (Å²) in [6.07, 6.45) is 2.79. The van der Waals surface area contributed by atoms with Gasteiger partial charge in [0.1, 0.15) is 5.82 Å². The highest BCUT2D eigenvalue weighted by Gasteiger charge is 2.35. The van der Waals surface area contributed by atoms with Gasteiger partial charge in [0, 0.05) is 37.9 Å². The Kier molecular flexibility index (Phi) is 5.62. The average molecular weight is 364 g/mol. The van der Waals surface area contributed by atoms with Gasteiger partial charge >= 0.3 is 5.97 Å². The Hall–Kier alpha value is -1.93. The SMILES string of the molecule is CC[C@H]1CN(c2ncc(C(C)(C)C(=O)O)c(N3CCOCC3)n2)CCO1. The first-order chi connectivity index (χ1) is 12.4. The van der Waals surface area contributed by atoms with Gasteiger partial charge in [0.15, 0.2) is 0 Å². The van der Waals surface area contributed by atoms with E-state index in [9.17, 15) is 9.90 Å². The van der Waals surface area contributed by atoms with Crippen LogP contribution < -0.4 is 9.80 Å². The van der Waals surface area contributed by atoms with E-state index in [0.717, 1.165) is 19.5 Å². The molecule has 0 saturated carbocycles. The van der Waals surface area contributed by atoms with E-state index < -0.39 is 11.4 Å². The number of hydrogen-bond donors (Lipinski definition) is 1. The van der Waals surface area contributed by atoms with Gasteiger partial charge in [0.2, 0.25) is 5.95 Å². The minimum atomic E-state index is -1.07. The highest BCUT2D eigenvalue weighted by molar-refractivity contribution is 5.82. The summed E-state index contributed by atoms with van der Waals surface area (Å²) >= 11 is 0. The fourth-order valence-electron chi connectivity index (χ4n) is 3.24. The molecule has 0 aromatic carbocycles. The molecular weight excluding hydrogens is 336 g/mol. The van der Waals surface area contributed by atoms with Crippen LogP contribution >= 0.6 is 0 Å². The number of aliphatic carboxylic acids is 1. The Morgan fingerprint density at radius 2 is 1.96 bits per heavy atom. The molecule has 1 atom stereocenters. The summed E-state index contributed by atoms with van der Waals surface area (Å²) in [4.78, 5) is 25.3. The number of ether oxygens (including phenoxy) is 2. The largest absolute Gasteiger partial charge is 0.481 e. The van der Waals surface area contributed by atoms with Crippen molar-refractivity contribution in [2.24, 2.45) is 0 Å². The first-order valence-corrected chi connectivity index (χ1v) is 9.23. The molecule has 0 spiro atoms. The molecule has 0 amide bonds. The number of aromatic nitrogens is 2. The molecule has 26 heavy (non-hydrogen) atoms. The second-order valence-electron chi connectivity index (χ2n) is 7.28. The number of rotatable bonds is 5. The summed E-state index contributed by atoms with van der Waals surface area (Å²) in [5.74, 6) is 0.448. The minimum Gasteiger partial charge on any atom is -0.481 e. The Morgan fingerprint density at radius 1 is 1.27 bits per heavy atom. The lowest BCUT2D eigenvalue weighted by Gasteiger charge is -2.35. The number of carbonyl (C=O) groups is 1. The first-order valence-electron chi connectivity index (χ1n) is 9.23. The number of anilines is 2. The number of carboxylic acids is 1. The van der Waals surface area contributed by atoms with E-state index in [0.29, 0.717) is 50.2 Å². The third-order valence-electron chi connectivity index (χ3n) is 5.15. The van der Waals surface area contributed by atoms with Crippen LogP contribution in [0.3, 0.4) is 0 Å². The first kappa shape index (κ1) is 18.8. The average Bonchev–Trinajstić information content (AvgIpc) is 2.68. The lowest BCUT2D eigenvalue weighted by Crippen LogP contribution is -2.44. The summed E-state index contributed by atoms with van der Waals surface area (Å²) in [5, 5.41) is 9.68. The molecule has 144 valence electrons. The van der Waals surface area contributed by atoms with E-state index in [1.54, 1.807) is 20.0 Å². The quantitative estimate of drug-likeness (QED) is 0.836. The summed E-state index contributed by atoms with van der Waals surface area (Å²) in [5.41, 5.74) is -0.431. The fourth-order valence-corrected chi connectivity index (χ4v) is 3.24. The van der Waals surface area contributed by atoms with Gasteiger partial charge in [-0.05, 0) is 20.3 Å². The minimum absolute atomic E-state index is 0.175. The fraction of sp³-hybridized carbons (Fsp3) is 0.722. The van der Waals surface area contributed by atoms with Crippen LogP contribution in [-0.4, -0.2) is 73.1 Å². The smallest absolute Gasteiger partial charge is 0.313 e. The number of hydrogen-bond acceptors (Lipinski definition) is 7. The zero-order valence-electron chi connectivity index (χ0n) is 15.8. The van der Waals surface area contributed by atoms with E-state index in [1.165, 1.54) is 0 Å². The normalized spacial score (nSPS) is 21.7. The molecule has 1 N–H and O–H groups in total. The van der Waals surface area contributed by atoms with E-state index in [4.69, 9.17) is 14.5 Å². The number of nitrogens with zero attached hydrogens (tertiary/aromatic N) is 4. The standard InChI is InChI=1S/C18H28N4O4/c1-4-13-12-22(7-10-26-13)17-19-11-14(18(2,3)16(23)24)15(20-17)21-5-8-25-9-6-21/h11,13H,4-10,12H2,1-3H3,(H,23,24)/t13-/m0/s1. The van der Waals surface area contributed by atoms with Gasteiger partial charge in [0.25, 0.3) is 0 Å². The molecule has 0 unspecified atom stereocenters. The van der Waals surface area contributed by atoms with Gasteiger partial charge in [-0.2, -0.15) is 4.98 Å².